The molecule has 0 amide bonds. The normalized spacial score (nSPS) is 12.7. The lowest BCUT2D eigenvalue weighted by molar-refractivity contribution is -0.118. The molecule has 1 atom stereocenters. The van der Waals surface area contributed by atoms with Gasteiger partial charge in [0.15, 0.2) is 5.78 Å². The average Bonchev–Trinajstić information content (AvgIpc) is 2.52. The van der Waals surface area contributed by atoms with Gasteiger partial charge in [0.05, 0.1) is 0 Å². The third kappa shape index (κ3) is 4.66. The lowest BCUT2D eigenvalue weighted by Crippen LogP contribution is -2.17. The van der Waals surface area contributed by atoms with Crippen LogP contribution in [0.3, 0.4) is 0 Å². The summed E-state index contributed by atoms with van der Waals surface area (Å²) < 4.78 is 0. The SMILES string of the molecule is CC(=O)C(CC(C)C)N=Cc1cccc(-c2ccccc2)c1. The number of Topliss-reactive ketones (excluding diaryl/α,β-unsaturated/α-hetero) is 1. The Morgan fingerprint density at radius 1 is 1.05 bits per heavy atom. The lowest BCUT2D eigenvalue weighted by atomic mass is 10.0. The fourth-order valence-electron chi connectivity index (χ4n) is 2.38. The number of rotatable bonds is 6. The van der Waals surface area contributed by atoms with Gasteiger partial charge in [0.1, 0.15) is 6.04 Å². The van der Waals surface area contributed by atoms with Crippen LogP contribution in [0.25, 0.3) is 11.1 Å². The summed E-state index contributed by atoms with van der Waals surface area (Å²) in [6.07, 6.45) is 2.62. The molecule has 0 fully saturated rings. The summed E-state index contributed by atoms with van der Waals surface area (Å²) in [6.45, 7) is 5.84. The Morgan fingerprint density at radius 3 is 2.36 bits per heavy atom. The highest BCUT2D eigenvalue weighted by atomic mass is 16.1. The van der Waals surface area contributed by atoms with Crippen molar-refractivity contribution < 1.29 is 4.79 Å². The van der Waals surface area contributed by atoms with Crippen LogP contribution in [-0.2, 0) is 4.79 Å². The van der Waals surface area contributed by atoms with E-state index < -0.39 is 0 Å². The molecule has 0 N–H and O–H groups in total. The zero-order chi connectivity index (χ0) is 15.9. The number of benzene rings is 2. The molecule has 2 rings (SSSR count). The van der Waals surface area contributed by atoms with Gasteiger partial charge >= 0.3 is 0 Å². The monoisotopic (exact) mass is 293 g/mol. The number of aliphatic imine (C=N–C) groups is 1. The van der Waals surface area contributed by atoms with Crippen LogP contribution >= 0.6 is 0 Å². The van der Waals surface area contributed by atoms with Crippen LogP contribution in [0.4, 0.5) is 0 Å². The lowest BCUT2D eigenvalue weighted by Gasteiger charge is -2.11. The molecule has 0 heterocycles. The molecule has 2 aromatic carbocycles. The summed E-state index contributed by atoms with van der Waals surface area (Å²) in [5.41, 5.74) is 3.37. The molecule has 0 aliphatic heterocycles. The van der Waals surface area contributed by atoms with Crippen LogP contribution in [0.5, 0.6) is 0 Å². The molecule has 2 heteroatoms. The summed E-state index contributed by atoms with van der Waals surface area (Å²) >= 11 is 0. The first-order valence-electron chi connectivity index (χ1n) is 7.75. The van der Waals surface area contributed by atoms with Gasteiger partial charge in [-0.25, -0.2) is 0 Å². The van der Waals surface area contributed by atoms with Crippen molar-refractivity contribution in [3.63, 3.8) is 0 Å². The van der Waals surface area contributed by atoms with Gasteiger partial charge in [-0.15, -0.1) is 0 Å². The Morgan fingerprint density at radius 2 is 1.73 bits per heavy atom. The minimum absolute atomic E-state index is 0.129. The Kier molecular flexibility index (Phi) is 5.65. The summed E-state index contributed by atoms with van der Waals surface area (Å²) in [5, 5.41) is 0. The van der Waals surface area contributed by atoms with E-state index in [2.05, 4.69) is 43.1 Å². The average molecular weight is 293 g/mol. The number of nitrogens with zero attached hydrogens (tertiary/aromatic N) is 1. The van der Waals surface area contributed by atoms with E-state index in [4.69, 9.17) is 0 Å². The van der Waals surface area contributed by atoms with E-state index in [0.717, 1.165) is 17.5 Å². The van der Waals surface area contributed by atoms with Crippen LogP contribution in [-0.4, -0.2) is 18.0 Å². The first kappa shape index (κ1) is 16.2. The van der Waals surface area contributed by atoms with E-state index in [1.807, 2.05) is 36.5 Å². The van der Waals surface area contributed by atoms with E-state index in [1.54, 1.807) is 6.92 Å². The standard InChI is InChI=1S/C20H23NO/c1-15(2)12-20(16(3)22)21-14-17-8-7-11-19(13-17)18-9-5-4-6-10-18/h4-11,13-15,20H,12H2,1-3H3. The first-order chi connectivity index (χ1) is 10.6. The van der Waals surface area contributed by atoms with Crippen molar-refractivity contribution in [3.8, 4) is 11.1 Å². The van der Waals surface area contributed by atoms with Gasteiger partial charge in [0.2, 0.25) is 0 Å². The summed E-state index contributed by atoms with van der Waals surface area (Å²) in [4.78, 5) is 16.2. The third-order valence-corrected chi connectivity index (χ3v) is 3.56. The Bertz CT molecular complexity index is 644. The van der Waals surface area contributed by atoms with Crippen molar-refractivity contribution in [1.29, 1.82) is 0 Å². The maximum Gasteiger partial charge on any atom is 0.154 e. The number of carbonyl (C=O) groups is 1. The predicted molar refractivity (Wildman–Crippen MR) is 93.4 cm³/mol. The molecule has 0 saturated heterocycles. The van der Waals surface area contributed by atoms with E-state index in [0.29, 0.717) is 5.92 Å². The second-order valence-electron chi connectivity index (χ2n) is 6.03. The highest BCUT2D eigenvalue weighted by Gasteiger charge is 2.13. The number of hydrogen-bond acceptors (Lipinski definition) is 2. The second-order valence-corrected chi connectivity index (χ2v) is 6.03. The molecule has 0 aromatic heterocycles. The van der Waals surface area contributed by atoms with E-state index >= 15 is 0 Å². The van der Waals surface area contributed by atoms with Crippen LogP contribution in [0.2, 0.25) is 0 Å². The van der Waals surface area contributed by atoms with Gasteiger partial charge in [-0.2, -0.15) is 0 Å². The zero-order valence-electron chi connectivity index (χ0n) is 13.5. The molecule has 114 valence electrons. The van der Waals surface area contributed by atoms with Crippen LogP contribution in [0.15, 0.2) is 59.6 Å². The molecule has 2 nitrogen and oxygen atoms in total. The number of hydrogen-bond donors (Lipinski definition) is 0. The summed E-state index contributed by atoms with van der Waals surface area (Å²) in [6, 6.07) is 18.3. The molecule has 0 aliphatic carbocycles. The van der Waals surface area contributed by atoms with Crippen molar-refractivity contribution in [2.75, 3.05) is 0 Å². The Balaban J connectivity index is 2.19. The van der Waals surface area contributed by atoms with Gasteiger partial charge in [0, 0.05) is 6.21 Å². The number of ketones is 1. The highest BCUT2D eigenvalue weighted by Crippen LogP contribution is 2.19. The third-order valence-electron chi connectivity index (χ3n) is 3.56. The van der Waals surface area contributed by atoms with Crippen LogP contribution < -0.4 is 0 Å². The van der Waals surface area contributed by atoms with Gasteiger partial charge in [0.25, 0.3) is 0 Å². The first-order valence-corrected chi connectivity index (χ1v) is 7.75. The zero-order valence-corrected chi connectivity index (χ0v) is 13.5. The van der Waals surface area contributed by atoms with Crippen molar-refractivity contribution in [3.05, 3.63) is 60.2 Å². The molecule has 0 spiro atoms. The molecular formula is C20H23NO. The minimum Gasteiger partial charge on any atom is -0.298 e. The van der Waals surface area contributed by atoms with E-state index in [1.165, 1.54) is 5.56 Å². The maximum absolute atomic E-state index is 11.7. The van der Waals surface area contributed by atoms with E-state index in [-0.39, 0.29) is 11.8 Å². The molecular weight excluding hydrogens is 270 g/mol. The van der Waals surface area contributed by atoms with Gasteiger partial charge in [-0.05, 0) is 42.0 Å². The fourth-order valence-corrected chi connectivity index (χ4v) is 2.38. The molecule has 0 radical (unpaired) electrons. The predicted octanol–water partition coefficient (Wildman–Crippen LogP) is 4.78. The molecule has 1 unspecified atom stereocenters. The van der Waals surface area contributed by atoms with Crippen molar-refractivity contribution in [1.82, 2.24) is 0 Å². The smallest absolute Gasteiger partial charge is 0.154 e. The topological polar surface area (TPSA) is 29.4 Å². The van der Waals surface area contributed by atoms with Crippen molar-refractivity contribution >= 4 is 12.0 Å². The number of carbonyl (C=O) groups excluding carboxylic acids is 1. The molecule has 0 saturated carbocycles. The summed E-state index contributed by atoms with van der Waals surface area (Å²) in [5.74, 6) is 0.589. The maximum atomic E-state index is 11.7. The van der Waals surface area contributed by atoms with Gasteiger partial charge in [-0.3, -0.25) is 9.79 Å². The Labute approximate surface area is 132 Å². The molecule has 22 heavy (non-hydrogen) atoms. The van der Waals surface area contributed by atoms with Crippen molar-refractivity contribution in [2.24, 2.45) is 10.9 Å². The minimum atomic E-state index is -0.236. The van der Waals surface area contributed by atoms with Gasteiger partial charge < -0.3 is 0 Å². The highest BCUT2D eigenvalue weighted by molar-refractivity contribution is 5.87. The Hall–Kier alpha value is -2.22. The fraction of sp³-hybridized carbons (Fsp3) is 0.300. The van der Waals surface area contributed by atoms with Crippen LogP contribution in [0, 0.1) is 5.92 Å². The van der Waals surface area contributed by atoms with Crippen molar-refractivity contribution in [2.45, 2.75) is 33.2 Å². The second kappa shape index (κ2) is 7.69. The largest absolute Gasteiger partial charge is 0.298 e. The van der Waals surface area contributed by atoms with Crippen LogP contribution in [0.1, 0.15) is 32.8 Å². The summed E-state index contributed by atoms with van der Waals surface area (Å²) in [7, 11) is 0. The quantitative estimate of drug-likeness (QED) is 0.705. The van der Waals surface area contributed by atoms with Gasteiger partial charge in [-0.1, -0.05) is 62.4 Å². The molecule has 2 aromatic rings. The molecule has 0 bridgehead atoms. The van der Waals surface area contributed by atoms with E-state index in [9.17, 15) is 4.79 Å². The molecule has 0 aliphatic rings.